The summed E-state index contributed by atoms with van der Waals surface area (Å²) in [7, 11) is 0. The highest BCUT2D eigenvalue weighted by Gasteiger charge is 2.57. The Morgan fingerprint density at radius 3 is 2.59 bits per heavy atom. The number of hydrogen-bond acceptors (Lipinski definition) is 7. The molecular weight excluding hydrogens is 388 g/mol. The summed E-state index contributed by atoms with van der Waals surface area (Å²) in [6.45, 7) is 6.01. The van der Waals surface area contributed by atoms with Gasteiger partial charge in [-0.15, -0.1) is 11.8 Å². The molecule has 2 atom stereocenters. The van der Waals surface area contributed by atoms with E-state index in [9.17, 15) is 19.7 Å². The van der Waals surface area contributed by atoms with Crippen LogP contribution in [-0.4, -0.2) is 32.8 Å². The number of hydrogen-bond donors (Lipinski definition) is 0. The quantitative estimate of drug-likeness (QED) is 0.294. The molecule has 0 N–H and O–H groups in total. The summed E-state index contributed by atoms with van der Waals surface area (Å²) >= 11 is 3.10. The molecule has 7 nitrogen and oxygen atoms in total. The SMILES string of the molecule is CCSC1=C(C(=O)OCc2ccc([N+](=O)[O-])cc2)N2C(=O)C(C(C)C)[C@@H]2S1. The zero-order valence-corrected chi connectivity index (χ0v) is 16.8. The van der Waals surface area contributed by atoms with Crippen LogP contribution in [0.25, 0.3) is 0 Å². The maximum absolute atomic E-state index is 12.7. The Morgan fingerprint density at radius 2 is 2.04 bits per heavy atom. The summed E-state index contributed by atoms with van der Waals surface area (Å²) in [4.78, 5) is 37.0. The van der Waals surface area contributed by atoms with Crippen LogP contribution in [-0.2, 0) is 20.9 Å². The maximum atomic E-state index is 12.7. The molecule has 1 saturated heterocycles. The van der Waals surface area contributed by atoms with Crippen molar-refractivity contribution in [3.05, 3.63) is 49.9 Å². The predicted molar refractivity (Wildman–Crippen MR) is 105 cm³/mol. The third kappa shape index (κ3) is 3.70. The van der Waals surface area contributed by atoms with Crippen molar-refractivity contribution < 1.29 is 19.2 Å². The maximum Gasteiger partial charge on any atom is 0.357 e. The Bertz CT molecular complexity index is 806. The van der Waals surface area contributed by atoms with Crippen LogP contribution in [0.1, 0.15) is 26.3 Å². The first-order valence-electron chi connectivity index (χ1n) is 8.62. The number of benzene rings is 1. The number of rotatable bonds is 7. The molecule has 0 saturated carbocycles. The van der Waals surface area contributed by atoms with Crippen LogP contribution >= 0.6 is 23.5 Å². The molecule has 2 heterocycles. The van der Waals surface area contributed by atoms with E-state index >= 15 is 0 Å². The number of amides is 1. The zero-order valence-electron chi connectivity index (χ0n) is 15.2. The van der Waals surface area contributed by atoms with Crippen molar-refractivity contribution in [3.8, 4) is 0 Å². The molecule has 0 bridgehead atoms. The van der Waals surface area contributed by atoms with Gasteiger partial charge in [0.15, 0.2) is 5.70 Å². The summed E-state index contributed by atoms with van der Waals surface area (Å²) in [6.07, 6.45) is 0. The van der Waals surface area contributed by atoms with Gasteiger partial charge in [0, 0.05) is 12.1 Å². The van der Waals surface area contributed by atoms with Crippen molar-refractivity contribution in [2.75, 3.05) is 5.75 Å². The van der Waals surface area contributed by atoms with Crippen LogP contribution in [0.15, 0.2) is 34.2 Å². The highest BCUT2D eigenvalue weighted by Crippen LogP contribution is 2.54. The third-order valence-electron chi connectivity index (χ3n) is 4.45. The highest BCUT2D eigenvalue weighted by atomic mass is 32.2. The van der Waals surface area contributed by atoms with Crippen LogP contribution < -0.4 is 0 Å². The van der Waals surface area contributed by atoms with Gasteiger partial charge in [-0.25, -0.2) is 4.79 Å². The first-order valence-corrected chi connectivity index (χ1v) is 10.5. The Kier molecular flexibility index (Phi) is 5.81. The van der Waals surface area contributed by atoms with Gasteiger partial charge < -0.3 is 4.74 Å². The number of non-ortho nitro benzene ring substituents is 1. The average Bonchev–Trinajstić information content (AvgIpc) is 2.94. The lowest BCUT2D eigenvalue weighted by atomic mass is 9.86. The molecule has 1 unspecified atom stereocenters. The Balaban J connectivity index is 1.71. The minimum atomic E-state index is -0.533. The lowest BCUT2D eigenvalue weighted by Gasteiger charge is -2.44. The first kappa shape index (κ1) is 19.8. The fourth-order valence-electron chi connectivity index (χ4n) is 3.07. The second-order valence-corrected chi connectivity index (χ2v) is 9.21. The summed E-state index contributed by atoms with van der Waals surface area (Å²) in [5.74, 6) is 0.367. The van der Waals surface area contributed by atoms with Crippen LogP contribution in [0, 0.1) is 22.0 Å². The van der Waals surface area contributed by atoms with E-state index in [2.05, 4.69) is 0 Å². The fourth-order valence-corrected chi connectivity index (χ4v) is 5.98. The number of fused-ring (bicyclic) bond motifs is 1. The molecule has 9 heteroatoms. The average molecular weight is 409 g/mol. The molecule has 0 spiro atoms. The van der Waals surface area contributed by atoms with Crippen LogP contribution in [0.5, 0.6) is 0 Å². The molecule has 1 amide bonds. The molecule has 1 fully saturated rings. The molecule has 2 aliphatic heterocycles. The van der Waals surface area contributed by atoms with E-state index < -0.39 is 10.9 Å². The van der Waals surface area contributed by atoms with Crippen LogP contribution in [0.3, 0.4) is 0 Å². The van der Waals surface area contributed by atoms with Gasteiger partial charge in [-0.2, -0.15) is 0 Å². The number of carbonyl (C=O) groups is 2. The lowest BCUT2D eigenvalue weighted by Crippen LogP contribution is -2.59. The molecule has 3 rings (SSSR count). The molecule has 1 aromatic rings. The summed E-state index contributed by atoms with van der Waals surface area (Å²) < 4.78 is 6.22. The number of esters is 1. The lowest BCUT2D eigenvalue weighted by molar-refractivity contribution is -0.384. The smallest absolute Gasteiger partial charge is 0.357 e. The number of thioether (sulfide) groups is 2. The van der Waals surface area contributed by atoms with Gasteiger partial charge in [0.05, 0.1) is 20.5 Å². The van der Waals surface area contributed by atoms with Gasteiger partial charge >= 0.3 is 5.97 Å². The van der Waals surface area contributed by atoms with Crippen molar-refractivity contribution in [2.45, 2.75) is 32.8 Å². The normalized spacial score (nSPS) is 21.3. The van der Waals surface area contributed by atoms with E-state index in [4.69, 9.17) is 4.74 Å². The van der Waals surface area contributed by atoms with Gasteiger partial charge in [-0.05, 0) is 29.4 Å². The molecule has 0 radical (unpaired) electrons. The molecule has 144 valence electrons. The Labute approximate surface area is 165 Å². The van der Waals surface area contributed by atoms with Crippen molar-refractivity contribution in [1.82, 2.24) is 4.90 Å². The monoisotopic (exact) mass is 408 g/mol. The van der Waals surface area contributed by atoms with Gasteiger partial charge in [0.1, 0.15) is 6.61 Å². The second kappa shape index (κ2) is 7.93. The molecule has 0 aliphatic carbocycles. The third-order valence-corrected chi connectivity index (χ3v) is 6.99. The van der Waals surface area contributed by atoms with Gasteiger partial charge in [0.2, 0.25) is 5.91 Å². The van der Waals surface area contributed by atoms with Crippen LogP contribution in [0.4, 0.5) is 5.69 Å². The molecule has 1 aromatic carbocycles. The summed E-state index contributed by atoms with van der Waals surface area (Å²) in [5.41, 5.74) is 0.965. The largest absolute Gasteiger partial charge is 0.456 e. The van der Waals surface area contributed by atoms with E-state index in [1.807, 2.05) is 20.8 Å². The number of ether oxygens (including phenoxy) is 1. The van der Waals surface area contributed by atoms with E-state index in [0.717, 1.165) is 9.99 Å². The first-order chi connectivity index (χ1) is 12.8. The van der Waals surface area contributed by atoms with Crippen molar-refractivity contribution in [2.24, 2.45) is 11.8 Å². The Hall–Kier alpha value is -2.00. The van der Waals surface area contributed by atoms with Crippen LogP contribution in [0.2, 0.25) is 0 Å². The van der Waals surface area contributed by atoms with Crippen molar-refractivity contribution >= 4 is 41.1 Å². The van der Waals surface area contributed by atoms with E-state index in [-0.39, 0.29) is 35.4 Å². The van der Waals surface area contributed by atoms with Gasteiger partial charge in [0.25, 0.3) is 5.69 Å². The second-order valence-electron chi connectivity index (χ2n) is 6.56. The number of nitrogens with zero attached hydrogens (tertiary/aromatic N) is 2. The van der Waals surface area contributed by atoms with Gasteiger partial charge in [-0.1, -0.05) is 32.5 Å². The van der Waals surface area contributed by atoms with Crippen molar-refractivity contribution in [1.29, 1.82) is 0 Å². The zero-order chi connectivity index (χ0) is 19.7. The minimum absolute atomic E-state index is 0.00459. The fraction of sp³-hybridized carbons (Fsp3) is 0.444. The predicted octanol–water partition coefficient (Wildman–Crippen LogP) is 3.75. The summed E-state index contributed by atoms with van der Waals surface area (Å²) in [5, 5.41) is 10.7. The summed E-state index contributed by atoms with van der Waals surface area (Å²) in [6, 6.07) is 5.84. The number of β-lactam (4-membered cyclic amide) rings is 1. The topological polar surface area (TPSA) is 89.8 Å². The standard InChI is InChI=1S/C18H20N2O5S2/c1-4-26-18-14(19-15(21)13(10(2)3)16(19)27-18)17(22)25-9-11-5-7-12(8-6-11)20(23)24/h5-8,10,13,16H,4,9H2,1-3H3/t13?,16-/m0/s1. The minimum Gasteiger partial charge on any atom is -0.456 e. The number of carbonyl (C=O) groups excluding carboxylic acids is 2. The van der Waals surface area contributed by atoms with Gasteiger partial charge in [-0.3, -0.25) is 19.8 Å². The Morgan fingerprint density at radius 1 is 1.37 bits per heavy atom. The van der Waals surface area contributed by atoms with Crippen molar-refractivity contribution in [3.63, 3.8) is 0 Å². The molecule has 0 aromatic heterocycles. The molecule has 2 aliphatic rings. The number of nitro benzene ring substituents is 1. The van der Waals surface area contributed by atoms with E-state index in [0.29, 0.717) is 11.3 Å². The number of nitro groups is 1. The molecule has 27 heavy (non-hydrogen) atoms. The highest BCUT2D eigenvalue weighted by molar-refractivity contribution is 8.22. The molecular formula is C18H20N2O5S2. The van der Waals surface area contributed by atoms with E-state index in [1.54, 1.807) is 28.8 Å². The van der Waals surface area contributed by atoms with E-state index in [1.165, 1.54) is 23.9 Å².